The molecule has 1 heterocycles. The minimum Gasteiger partial charge on any atom is -0.0924 e. The van der Waals surface area contributed by atoms with Crippen LogP contribution in [0.1, 0.15) is 69.4 Å². The largest absolute Gasteiger partial charge is 0.0924 e. The van der Waals surface area contributed by atoms with Crippen LogP contribution in [0.3, 0.4) is 0 Å². The molecule has 0 spiro atoms. The van der Waals surface area contributed by atoms with E-state index in [0.29, 0.717) is 0 Å². The van der Waals surface area contributed by atoms with Crippen molar-refractivity contribution in [2.24, 2.45) is 0 Å². The highest BCUT2D eigenvalue weighted by molar-refractivity contribution is 9.09. The number of rotatable bonds is 2. The highest BCUT2D eigenvalue weighted by Crippen LogP contribution is 2.46. The SMILES string of the molecule is CC(C)(C)c1cc2c(c(C(C)(C)C)c1)Sc1ccc(CCBr)cc1C2. The lowest BCUT2D eigenvalue weighted by Gasteiger charge is -2.32. The van der Waals surface area contributed by atoms with Crippen LogP contribution in [0, 0.1) is 0 Å². The van der Waals surface area contributed by atoms with Gasteiger partial charge in [-0.2, -0.15) is 0 Å². The monoisotopic (exact) mass is 416 g/mol. The van der Waals surface area contributed by atoms with Crippen LogP contribution in [0.2, 0.25) is 0 Å². The Labute approximate surface area is 165 Å². The summed E-state index contributed by atoms with van der Waals surface area (Å²) in [5.41, 5.74) is 7.71. The summed E-state index contributed by atoms with van der Waals surface area (Å²) in [5, 5.41) is 1.03. The normalized spacial score (nSPS) is 14.2. The standard InChI is InChI=1S/C23H29BrS/c1-22(2,3)18-13-17-12-16-11-15(9-10-24)7-8-20(16)25-21(17)19(14-18)23(4,5)6/h7-8,11,13-14H,9-10,12H2,1-6H3. The summed E-state index contributed by atoms with van der Waals surface area (Å²) in [6.07, 6.45) is 2.15. The van der Waals surface area contributed by atoms with Gasteiger partial charge < -0.3 is 0 Å². The number of halogens is 1. The number of fused-ring (bicyclic) bond motifs is 2. The number of aryl methyl sites for hydroxylation is 1. The predicted octanol–water partition coefficient (Wildman–Crippen LogP) is 7.27. The van der Waals surface area contributed by atoms with Crippen molar-refractivity contribution >= 4 is 27.7 Å². The van der Waals surface area contributed by atoms with Crippen LogP contribution >= 0.6 is 27.7 Å². The van der Waals surface area contributed by atoms with E-state index in [1.807, 2.05) is 11.8 Å². The smallest absolute Gasteiger partial charge is 0.0195 e. The third-order valence-corrected chi connectivity index (χ3v) is 6.64. The fourth-order valence-corrected chi connectivity index (χ4v) is 5.19. The molecule has 2 heteroatoms. The molecule has 0 saturated carbocycles. The van der Waals surface area contributed by atoms with Gasteiger partial charge in [0.2, 0.25) is 0 Å². The van der Waals surface area contributed by atoms with Gasteiger partial charge in [-0.25, -0.2) is 0 Å². The van der Waals surface area contributed by atoms with E-state index >= 15 is 0 Å². The first-order chi connectivity index (χ1) is 11.6. The molecule has 0 radical (unpaired) electrons. The van der Waals surface area contributed by atoms with Crippen LogP contribution in [0.5, 0.6) is 0 Å². The van der Waals surface area contributed by atoms with Crippen LogP contribution < -0.4 is 0 Å². The summed E-state index contributed by atoms with van der Waals surface area (Å²) in [7, 11) is 0. The average molecular weight is 417 g/mol. The topological polar surface area (TPSA) is 0 Å². The Hall–Kier alpha value is -0.730. The zero-order valence-corrected chi connectivity index (χ0v) is 18.7. The van der Waals surface area contributed by atoms with Crippen molar-refractivity contribution < 1.29 is 0 Å². The lowest BCUT2D eigenvalue weighted by molar-refractivity contribution is 0.556. The van der Waals surface area contributed by atoms with Gasteiger partial charge in [-0.3, -0.25) is 0 Å². The van der Waals surface area contributed by atoms with Gasteiger partial charge in [0.05, 0.1) is 0 Å². The van der Waals surface area contributed by atoms with Crippen LogP contribution in [-0.4, -0.2) is 5.33 Å². The van der Waals surface area contributed by atoms with Gasteiger partial charge in [0, 0.05) is 15.1 Å². The second kappa shape index (κ2) is 6.78. The fourth-order valence-electron chi connectivity index (χ4n) is 3.38. The van der Waals surface area contributed by atoms with Gasteiger partial charge in [0.1, 0.15) is 0 Å². The average Bonchev–Trinajstić information content (AvgIpc) is 2.50. The Bertz CT molecular complexity index is 791. The molecule has 0 nitrogen and oxygen atoms in total. The summed E-state index contributed by atoms with van der Waals surface area (Å²) >= 11 is 5.54. The van der Waals surface area contributed by atoms with Gasteiger partial charge in [-0.1, -0.05) is 93.5 Å². The van der Waals surface area contributed by atoms with E-state index in [-0.39, 0.29) is 10.8 Å². The van der Waals surface area contributed by atoms with Crippen LogP contribution in [0.15, 0.2) is 40.1 Å². The summed E-state index contributed by atoms with van der Waals surface area (Å²) < 4.78 is 0. The molecule has 0 atom stereocenters. The number of hydrogen-bond donors (Lipinski definition) is 0. The molecule has 0 unspecified atom stereocenters. The van der Waals surface area contributed by atoms with Crippen molar-refractivity contribution in [2.45, 2.75) is 75.0 Å². The summed E-state index contributed by atoms with van der Waals surface area (Å²) in [5.74, 6) is 0. The second-order valence-electron chi connectivity index (χ2n) is 9.17. The fraction of sp³-hybridized carbons (Fsp3) is 0.478. The quantitative estimate of drug-likeness (QED) is 0.395. The van der Waals surface area contributed by atoms with Crippen molar-refractivity contribution in [3.8, 4) is 0 Å². The zero-order valence-electron chi connectivity index (χ0n) is 16.3. The van der Waals surface area contributed by atoms with E-state index in [2.05, 4.69) is 87.8 Å². The highest BCUT2D eigenvalue weighted by Gasteiger charge is 2.28. The number of benzene rings is 2. The van der Waals surface area contributed by atoms with Gasteiger partial charge in [0.25, 0.3) is 0 Å². The molecule has 1 aliphatic rings. The molecule has 0 bridgehead atoms. The van der Waals surface area contributed by atoms with Crippen LogP contribution in [0.4, 0.5) is 0 Å². The van der Waals surface area contributed by atoms with Gasteiger partial charge in [0.15, 0.2) is 0 Å². The Kier molecular flexibility index (Phi) is 5.16. The zero-order chi connectivity index (χ0) is 18.4. The molecule has 0 amide bonds. The Morgan fingerprint density at radius 2 is 1.64 bits per heavy atom. The van der Waals surface area contributed by atoms with Crippen molar-refractivity contribution in [3.63, 3.8) is 0 Å². The molecule has 0 fully saturated rings. The Balaban J connectivity index is 2.12. The number of alkyl halides is 1. The van der Waals surface area contributed by atoms with Gasteiger partial charge in [-0.15, -0.1) is 0 Å². The molecule has 0 saturated heterocycles. The molecule has 0 aromatic heterocycles. The van der Waals surface area contributed by atoms with Gasteiger partial charge >= 0.3 is 0 Å². The minimum absolute atomic E-state index is 0.158. The van der Waals surface area contributed by atoms with Crippen molar-refractivity contribution in [2.75, 3.05) is 5.33 Å². The van der Waals surface area contributed by atoms with Crippen molar-refractivity contribution in [3.05, 3.63) is 58.1 Å². The molecule has 1 aliphatic heterocycles. The highest BCUT2D eigenvalue weighted by atomic mass is 79.9. The summed E-state index contributed by atoms with van der Waals surface area (Å²) in [4.78, 5) is 2.92. The van der Waals surface area contributed by atoms with Gasteiger partial charge in [-0.05, 0) is 57.6 Å². The third kappa shape index (κ3) is 4.01. The van der Waals surface area contributed by atoms with E-state index in [9.17, 15) is 0 Å². The number of hydrogen-bond acceptors (Lipinski definition) is 1. The molecule has 2 aromatic carbocycles. The first kappa shape index (κ1) is 19.0. The molecule has 134 valence electrons. The maximum absolute atomic E-state index is 3.57. The lowest BCUT2D eigenvalue weighted by atomic mass is 9.78. The van der Waals surface area contributed by atoms with E-state index in [1.54, 1.807) is 0 Å². The maximum atomic E-state index is 3.57. The van der Waals surface area contributed by atoms with E-state index in [4.69, 9.17) is 0 Å². The minimum atomic E-state index is 0.158. The van der Waals surface area contributed by atoms with E-state index in [0.717, 1.165) is 18.2 Å². The first-order valence-electron chi connectivity index (χ1n) is 9.13. The molecular formula is C23H29BrS. The third-order valence-electron chi connectivity index (χ3n) is 4.94. The lowest BCUT2D eigenvalue weighted by Crippen LogP contribution is -2.19. The molecular weight excluding hydrogens is 388 g/mol. The second-order valence-corrected chi connectivity index (χ2v) is 11.0. The van der Waals surface area contributed by atoms with Crippen LogP contribution in [0.25, 0.3) is 0 Å². The molecule has 3 rings (SSSR count). The van der Waals surface area contributed by atoms with Crippen molar-refractivity contribution in [1.82, 2.24) is 0 Å². The predicted molar refractivity (Wildman–Crippen MR) is 115 cm³/mol. The van der Waals surface area contributed by atoms with E-state index < -0.39 is 0 Å². The Morgan fingerprint density at radius 1 is 0.920 bits per heavy atom. The van der Waals surface area contributed by atoms with E-state index in [1.165, 1.54) is 37.6 Å². The molecule has 2 aromatic rings. The molecule has 0 N–H and O–H groups in total. The summed E-state index contributed by atoms with van der Waals surface area (Å²) in [6, 6.07) is 11.9. The molecule has 25 heavy (non-hydrogen) atoms. The van der Waals surface area contributed by atoms with Crippen molar-refractivity contribution in [1.29, 1.82) is 0 Å². The Morgan fingerprint density at radius 3 is 2.24 bits per heavy atom. The van der Waals surface area contributed by atoms with Crippen LogP contribution in [-0.2, 0) is 23.7 Å². The first-order valence-corrected chi connectivity index (χ1v) is 11.1. The molecule has 0 aliphatic carbocycles. The maximum Gasteiger partial charge on any atom is 0.0195 e. The summed E-state index contributed by atoms with van der Waals surface area (Å²) in [6.45, 7) is 14.0.